The monoisotopic (exact) mass is 328 g/mol. The molecular formula is C15H21BrO3. The lowest BCUT2D eigenvalue weighted by molar-refractivity contribution is -0.0581. The van der Waals surface area contributed by atoms with Crippen molar-refractivity contribution in [3.05, 3.63) is 28.2 Å². The highest BCUT2D eigenvalue weighted by Gasteiger charge is 2.34. The van der Waals surface area contributed by atoms with Crippen molar-refractivity contribution < 1.29 is 14.6 Å². The molecule has 0 radical (unpaired) electrons. The van der Waals surface area contributed by atoms with Gasteiger partial charge in [-0.2, -0.15) is 0 Å². The van der Waals surface area contributed by atoms with Crippen LogP contribution in [0.4, 0.5) is 0 Å². The number of ether oxygens (including phenoxy) is 2. The van der Waals surface area contributed by atoms with E-state index in [1.807, 2.05) is 18.2 Å². The number of aliphatic hydroxyl groups is 1. The van der Waals surface area contributed by atoms with Crippen molar-refractivity contribution in [3.8, 4) is 5.75 Å². The van der Waals surface area contributed by atoms with Gasteiger partial charge in [0.1, 0.15) is 5.75 Å². The molecule has 2 rings (SSSR count). The predicted molar refractivity (Wildman–Crippen MR) is 78.6 cm³/mol. The second kappa shape index (κ2) is 6.25. The van der Waals surface area contributed by atoms with E-state index in [0.29, 0.717) is 12.8 Å². The molecule has 0 spiro atoms. The molecule has 0 saturated heterocycles. The summed E-state index contributed by atoms with van der Waals surface area (Å²) < 4.78 is 11.5. The van der Waals surface area contributed by atoms with E-state index in [1.165, 1.54) is 0 Å². The molecule has 2 atom stereocenters. The molecule has 19 heavy (non-hydrogen) atoms. The summed E-state index contributed by atoms with van der Waals surface area (Å²) in [4.78, 5) is 0. The summed E-state index contributed by atoms with van der Waals surface area (Å²) in [5, 5.41) is 10.7. The van der Waals surface area contributed by atoms with Gasteiger partial charge in [0.05, 0.1) is 23.3 Å². The van der Waals surface area contributed by atoms with Crippen LogP contribution in [0.1, 0.15) is 31.2 Å². The second-order valence-corrected chi connectivity index (χ2v) is 6.18. The normalized spacial score (nSPS) is 27.3. The third-order valence-electron chi connectivity index (χ3n) is 3.86. The fourth-order valence-electron chi connectivity index (χ4n) is 2.85. The topological polar surface area (TPSA) is 38.7 Å². The minimum Gasteiger partial charge on any atom is -0.496 e. The van der Waals surface area contributed by atoms with Crippen LogP contribution in [0.5, 0.6) is 5.75 Å². The number of halogens is 1. The van der Waals surface area contributed by atoms with Crippen LogP contribution in [-0.4, -0.2) is 31.0 Å². The van der Waals surface area contributed by atoms with Crippen molar-refractivity contribution in [1.29, 1.82) is 0 Å². The lowest BCUT2D eigenvalue weighted by atomic mass is 9.79. The van der Waals surface area contributed by atoms with Gasteiger partial charge in [0.25, 0.3) is 0 Å². The van der Waals surface area contributed by atoms with Gasteiger partial charge in [-0.05, 0) is 52.9 Å². The summed E-state index contributed by atoms with van der Waals surface area (Å²) in [7, 11) is 3.37. The van der Waals surface area contributed by atoms with E-state index in [9.17, 15) is 5.11 Å². The van der Waals surface area contributed by atoms with Crippen molar-refractivity contribution in [1.82, 2.24) is 0 Å². The molecule has 0 bridgehead atoms. The zero-order valence-corrected chi connectivity index (χ0v) is 13.1. The maximum Gasteiger partial charge on any atom is 0.133 e. The molecule has 0 heterocycles. The lowest BCUT2D eigenvalue weighted by Gasteiger charge is -2.36. The Morgan fingerprint density at radius 1 is 1.42 bits per heavy atom. The van der Waals surface area contributed by atoms with Gasteiger partial charge in [0.15, 0.2) is 0 Å². The van der Waals surface area contributed by atoms with Crippen LogP contribution in [-0.2, 0) is 11.2 Å². The van der Waals surface area contributed by atoms with Crippen LogP contribution >= 0.6 is 15.9 Å². The second-order valence-electron chi connectivity index (χ2n) is 5.32. The van der Waals surface area contributed by atoms with E-state index < -0.39 is 5.60 Å². The fourth-order valence-corrected chi connectivity index (χ4v) is 3.44. The number of hydrogen-bond acceptors (Lipinski definition) is 3. The molecule has 0 amide bonds. The van der Waals surface area contributed by atoms with E-state index in [1.54, 1.807) is 14.2 Å². The molecule has 1 aliphatic rings. The zero-order chi connectivity index (χ0) is 13.9. The van der Waals surface area contributed by atoms with Crippen molar-refractivity contribution >= 4 is 15.9 Å². The molecule has 0 aromatic heterocycles. The van der Waals surface area contributed by atoms with E-state index >= 15 is 0 Å². The Bertz CT molecular complexity index is 435. The smallest absolute Gasteiger partial charge is 0.133 e. The van der Waals surface area contributed by atoms with Crippen LogP contribution in [0.3, 0.4) is 0 Å². The minimum atomic E-state index is -0.646. The maximum absolute atomic E-state index is 10.7. The summed E-state index contributed by atoms with van der Waals surface area (Å²) >= 11 is 3.48. The number of methoxy groups -OCH3 is 2. The largest absolute Gasteiger partial charge is 0.496 e. The van der Waals surface area contributed by atoms with E-state index in [0.717, 1.165) is 35.0 Å². The summed E-state index contributed by atoms with van der Waals surface area (Å²) in [6, 6.07) is 5.96. The predicted octanol–water partition coefficient (Wildman–Crippen LogP) is 3.32. The van der Waals surface area contributed by atoms with Crippen molar-refractivity contribution in [2.24, 2.45) is 0 Å². The molecule has 1 N–H and O–H groups in total. The van der Waals surface area contributed by atoms with Crippen molar-refractivity contribution in [2.75, 3.05) is 14.2 Å². The van der Waals surface area contributed by atoms with Gasteiger partial charge < -0.3 is 14.6 Å². The van der Waals surface area contributed by atoms with Crippen LogP contribution in [0.2, 0.25) is 0 Å². The quantitative estimate of drug-likeness (QED) is 0.921. The van der Waals surface area contributed by atoms with Crippen LogP contribution in [0.25, 0.3) is 0 Å². The molecular weight excluding hydrogens is 308 g/mol. The lowest BCUT2D eigenvalue weighted by Crippen LogP contribution is -2.40. The number of benzene rings is 1. The highest BCUT2D eigenvalue weighted by molar-refractivity contribution is 9.10. The van der Waals surface area contributed by atoms with Crippen LogP contribution < -0.4 is 4.74 Å². The summed E-state index contributed by atoms with van der Waals surface area (Å²) in [6.07, 6.45) is 4.47. The average molecular weight is 329 g/mol. The third kappa shape index (κ3) is 3.71. The molecule has 2 unspecified atom stereocenters. The highest BCUT2D eigenvalue weighted by atomic mass is 79.9. The fraction of sp³-hybridized carbons (Fsp3) is 0.600. The number of hydrogen-bond donors (Lipinski definition) is 1. The standard InChI is InChI=1S/C15H21BrO3/c1-18-12-4-3-7-15(17,10-12)9-11-5-6-14(19-2)13(16)8-11/h5-6,8,12,17H,3-4,7,9-10H2,1-2H3. The van der Waals surface area contributed by atoms with Gasteiger partial charge in [-0.1, -0.05) is 6.07 Å². The highest BCUT2D eigenvalue weighted by Crippen LogP contribution is 2.34. The summed E-state index contributed by atoms with van der Waals surface area (Å²) in [6.45, 7) is 0. The van der Waals surface area contributed by atoms with Gasteiger partial charge in [0, 0.05) is 20.0 Å². The Kier molecular flexibility index (Phi) is 4.87. The van der Waals surface area contributed by atoms with Crippen molar-refractivity contribution in [3.63, 3.8) is 0 Å². The molecule has 1 fully saturated rings. The van der Waals surface area contributed by atoms with Gasteiger partial charge in [0.2, 0.25) is 0 Å². The molecule has 3 nitrogen and oxygen atoms in total. The van der Waals surface area contributed by atoms with Gasteiger partial charge in [-0.3, -0.25) is 0 Å². The van der Waals surface area contributed by atoms with Gasteiger partial charge >= 0.3 is 0 Å². The molecule has 1 saturated carbocycles. The van der Waals surface area contributed by atoms with E-state index in [-0.39, 0.29) is 6.10 Å². The van der Waals surface area contributed by atoms with Crippen molar-refractivity contribution in [2.45, 2.75) is 43.8 Å². The molecule has 1 aromatic carbocycles. The molecule has 0 aliphatic heterocycles. The Labute approximate surface area is 123 Å². The average Bonchev–Trinajstić information content (AvgIpc) is 2.38. The maximum atomic E-state index is 10.7. The zero-order valence-electron chi connectivity index (χ0n) is 11.5. The number of rotatable bonds is 4. The van der Waals surface area contributed by atoms with Gasteiger partial charge in [-0.15, -0.1) is 0 Å². The van der Waals surface area contributed by atoms with Gasteiger partial charge in [-0.25, -0.2) is 0 Å². The Morgan fingerprint density at radius 2 is 2.21 bits per heavy atom. The first-order chi connectivity index (χ1) is 9.06. The minimum absolute atomic E-state index is 0.181. The Balaban J connectivity index is 2.09. The molecule has 4 heteroatoms. The first-order valence-corrected chi connectivity index (χ1v) is 7.43. The Morgan fingerprint density at radius 3 is 2.84 bits per heavy atom. The van der Waals surface area contributed by atoms with E-state index in [2.05, 4.69) is 15.9 Å². The first kappa shape index (κ1) is 14.8. The first-order valence-electron chi connectivity index (χ1n) is 6.64. The van der Waals surface area contributed by atoms with E-state index in [4.69, 9.17) is 9.47 Å². The summed E-state index contributed by atoms with van der Waals surface area (Å²) in [5.74, 6) is 0.814. The Hall–Kier alpha value is -0.580. The molecule has 106 valence electrons. The van der Waals surface area contributed by atoms with Crippen LogP contribution in [0, 0.1) is 0 Å². The molecule has 1 aliphatic carbocycles. The molecule has 1 aromatic rings. The summed E-state index contributed by atoms with van der Waals surface area (Å²) in [5.41, 5.74) is 0.472. The van der Waals surface area contributed by atoms with Crippen LogP contribution in [0.15, 0.2) is 22.7 Å². The third-order valence-corrected chi connectivity index (χ3v) is 4.48. The SMILES string of the molecule is COc1ccc(CC2(O)CCCC(OC)C2)cc1Br.